The highest BCUT2D eigenvalue weighted by molar-refractivity contribution is 7.14. The average molecular weight is 414 g/mol. The molecule has 0 spiro atoms. The van der Waals surface area contributed by atoms with Crippen molar-refractivity contribution in [3.63, 3.8) is 0 Å². The van der Waals surface area contributed by atoms with E-state index in [1.165, 1.54) is 17.2 Å². The summed E-state index contributed by atoms with van der Waals surface area (Å²) in [6, 6.07) is 3.57. The van der Waals surface area contributed by atoms with Gasteiger partial charge in [0.05, 0.1) is 12.7 Å². The predicted molar refractivity (Wildman–Crippen MR) is 87.2 cm³/mol. The molecule has 0 atom stereocenters. The van der Waals surface area contributed by atoms with Gasteiger partial charge in [0.15, 0.2) is 5.82 Å². The van der Waals surface area contributed by atoms with Gasteiger partial charge in [0, 0.05) is 5.56 Å². The van der Waals surface area contributed by atoms with Gasteiger partial charge in [-0.25, -0.2) is 15.0 Å². The first-order chi connectivity index (χ1) is 12.8. The molecular formula is C14H7ClF3N7OS. The Balaban J connectivity index is 1.77. The summed E-state index contributed by atoms with van der Waals surface area (Å²) >= 11 is 6.64. The van der Waals surface area contributed by atoms with E-state index in [1.54, 1.807) is 0 Å². The van der Waals surface area contributed by atoms with E-state index in [9.17, 15) is 18.0 Å². The van der Waals surface area contributed by atoms with Gasteiger partial charge in [-0.05, 0) is 12.1 Å². The minimum atomic E-state index is -4.73. The second-order valence-electron chi connectivity index (χ2n) is 4.95. The Morgan fingerprint density at radius 1 is 1.37 bits per heavy atom. The Labute approximate surface area is 158 Å². The molecule has 0 radical (unpaired) electrons. The number of aromatic nitrogens is 5. The molecule has 0 fully saturated rings. The minimum absolute atomic E-state index is 0.137. The number of thiazole rings is 1. The van der Waals surface area contributed by atoms with Crippen molar-refractivity contribution in [2.24, 2.45) is 0 Å². The van der Waals surface area contributed by atoms with Gasteiger partial charge in [0.25, 0.3) is 5.91 Å². The number of rotatable bonds is 4. The van der Waals surface area contributed by atoms with Crippen LogP contribution >= 0.6 is 22.9 Å². The van der Waals surface area contributed by atoms with Gasteiger partial charge >= 0.3 is 6.18 Å². The summed E-state index contributed by atoms with van der Waals surface area (Å²) in [4.78, 5) is 23.7. The van der Waals surface area contributed by atoms with E-state index in [-0.39, 0.29) is 17.9 Å². The number of hydrogen-bond acceptors (Lipinski definition) is 7. The molecule has 0 aliphatic heterocycles. The topological polar surface area (TPSA) is 109 Å². The maximum Gasteiger partial charge on any atom is 0.433 e. The summed E-state index contributed by atoms with van der Waals surface area (Å²) in [5, 5.41) is 15.1. The lowest BCUT2D eigenvalue weighted by atomic mass is 10.2. The molecule has 0 aliphatic rings. The molecule has 0 bridgehead atoms. The zero-order valence-corrected chi connectivity index (χ0v) is 14.6. The van der Waals surface area contributed by atoms with Crippen molar-refractivity contribution in [2.45, 2.75) is 12.7 Å². The first-order valence-electron chi connectivity index (χ1n) is 7.06. The van der Waals surface area contributed by atoms with Crippen molar-refractivity contribution < 1.29 is 18.0 Å². The molecule has 1 amide bonds. The Bertz CT molecular complexity index is 1040. The SMILES string of the molecule is N#Cc1cnc(-n2ncnc2CNC(=O)c2cc(Cl)nc(C(F)(F)F)c2)s1. The van der Waals surface area contributed by atoms with Crippen molar-refractivity contribution in [3.8, 4) is 11.2 Å². The number of nitriles is 1. The van der Waals surface area contributed by atoms with Gasteiger partial charge in [-0.2, -0.15) is 28.2 Å². The smallest absolute Gasteiger partial charge is 0.345 e. The summed E-state index contributed by atoms with van der Waals surface area (Å²) in [6.45, 7) is -0.137. The number of alkyl halides is 3. The van der Waals surface area contributed by atoms with E-state index in [0.717, 1.165) is 17.4 Å². The third-order valence-electron chi connectivity index (χ3n) is 3.16. The third kappa shape index (κ3) is 4.21. The fraction of sp³-hybridized carbons (Fsp3) is 0.143. The maximum absolute atomic E-state index is 12.8. The lowest BCUT2D eigenvalue weighted by Gasteiger charge is -2.09. The first kappa shape index (κ1) is 18.7. The molecule has 138 valence electrons. The number of halogens is 4. The number of nitrogens with zero attached hydrogens (tertiary/aromatic N) is 6. The van der Waals surface area contributed by atoms with Gasteiger partial charge in [-0.1, -0.05) is 22.9 Å². The van der Waals surface area contributed by atoms with Crippen LogP contribution < -0.4 is 5.32 Å². The van der Waals surface area contributed by atoms with Gasteiger partial charge in [0.2, 0.25) is 5.13 Å². The summed E-state index contributed by atoms with van der Waals surface area (Å²) < 4.78 is 39.7. The van der Waals surface area contributed by atoms with Crippen LogP contribution in [0.4, 0.5) is 13.2 Å². The van der Waals surface area contributed by atoms with Crippen molar-refractivity contribution in [2.75, 3.05) is 0 Å². The highest BCUT2D eigenvalue weighted by Crippen LogP contribution is 2.29. The number of amides is 1. The number of pyridine rings is 1. The molecule has 1 N–H and O–H groups in total. The van der Waals surface area contributed by atoms with E-state index in [4.69, 9.17) is 16.9 Å². The molecule has 8 nitrogen and oxygen atoms in total. The molecule has 27 heavy (non-hydrogen) atoms. The second-order valence-corrected chi connectivity index (χ2v) is 6.35. The molecule has 3 heterocycles. The third-order valence-corrected chi connectivity index (χ3v) is 4.23. The average Bonchev–Trinajstić information content (AvgIpc) is 3.26. The van der Waals surface area contributed by atoms with E-state index >= 15 is 0 Å². The van der Waals surface area contributed by atoms with E-state index < -0.39 is 22.9 Å². The molecule has 3 aromatic rings. The summed E-state index contributed by atoms with van der Waals surface area (Å²) in [7, 11) is 0. The molecule has 0 aromatic carbocycles. The van der Waals surface area contributed by atoms with Crippen molar-refractivity contribution in [1.82, 2.24) is 30.0 Å². The lowest BCUT2D eigenvalue weighted by Crippen LogP contribution is -2.25. The summed E-state index contributed by atoms with van der Waals surface area (Å²) in [6.07, 6.45) is -2.15. The Kier molecular flexibility index (Phi) is 5.06. The van der Waals surface area contributed by atoms with Crippen LogP contribution in [0.15, 0.2) is 24.7 Å². The number of hydrogen-bond donors (Lipinski definition) is 1. The fourth-order valence-electron chi connectivity index (χ4n) is 1.99. The zero-order chi connectivity index (χ0) is 19.6. The van der Waals surface area contributed by atoms with Gasteiger partial charge in [-0.3, -0.25) is 4.79 Å². The number of nitrogens with one attached hydrogen (secondary N) is 1. The van der Waals surface area contributed by atoms with Crippen LogP contribution in [-0.2, 0) is 12.7 Å². The van der Waals surface area contributed by atoms with Crippen LogP contribution in [0.5, 0.6) is 0 Å². The highest BCUT2D eigenvalue weighted by atomic mass is 35.5. The Morgan fingerprint density at radius 3 is 2.81 bits per heavy atom. The molecule has 0 saturated heterocycles. The molecule has 0 unspecified atom stereocenters. The first-order valence-corrected chi connectivity index (χ1v) is 8.25. The van der Waals surface area contributed by atoms with E-state index in [2.05, 4.69) is 25.4 Å². The summed E-state index contributed by atoms with van der Waals surface area (Å²) in [5.41, 5.74) is -1.57. The number of carbonyl (C=O) groups excluding carboxylic acids is 1. The van der Waals surface area contributed by atoms with Crippen molar-refractivity contribution in [1.29, 1.82) is 5.26 Å². The van der Waals surface area contributed by atoms with Crippen LogP contribution in [0.2, 0.25) is 5.15 Å². The van der Waals surface area contributed by atoms with Gasteiger partial charge in [0.1, 0.15) is 28.1 Å². The normalized spacial score (nSPS) is 11.2. The second kappa shape index (κ2) is 7.29. The predicted octanol–water partition coefficient (Wildman–Crippen LogP) is 2.59. The fourth-order valence-corrected chi connectivity index (χ4v) is 2.90. The Hall–Kier alpha value is -3.04. The number of carbonyl (C=O) groups is 1. The van der Waals surface area contributed by atoms with Crippen LogP contribution in [0, 0.1) is 11.3 Å². The van der Waals surface area contributed by atoms with E-state index in [0.29, 0.717) is 16.1 Å². The maximum atomic E-state index is 12.8. The molecule has 0 aliphatic carbocycles. The van der Waals surface area contributed by atoms with Crippen LogP contribution in [0.3, 0.4) is 0 Å². The molecule has 0 saturated carbocycles. The minimum Gasteiger partial charge on any atom is -0.345 e. The van der Waals surface area contributed by atoms with Crippen molar-refractivity contribution in [3.05, 3.63) is 51.8 Å². The molecule has 3 rings (SSSR count). The molecular weight excluding hydrogens is 407 g/mol. The van der Waals surface area contributed by atoms with E-state index in [1.807, 2.05) is 6.07 Å². The van der Waals surface area contributed by atoms with Crippen LogP contribution in [0.1, 0.15) is 26.8 Å². The monoisotopic (exact) mass is 413 g/mol. The van der Waals surface area contributed by atoms with Crippen LogP contribution in [0.25, 0.3) is 5.13 Å². The largest absolute Gasteiger partial charge is 0.433 e. The Morgan fingerprint density at radius 2 is 2.15 bits per heavy atom. The lowest BCUT2D eigenvalue weighted by molar-refractivity contribution is -0.141. The standard InChI is InChI=1S/C14H7ClF3N7OS/c15-10-2-7(1-9(24-10)14(16,17)18)12(26)20-5-11-22-6-23-25(11)13-21-4-8(3-19)27-13/h1-2,4,6H,5H2,(H,20,26). The molecule has 3 aromatic heterocycles. The van der Waals surface area contributed by atoms with Crippen molar-refractivity contribution >= 4 is 28.8 Å². The quantitative estimate of drug-likeness (QED) is 0.658. The van der Waals surface area contributed by atoms with Crippen LogP contribution in [-0.4, -0.2) is 30.6 Å². The summed E-state index contributed by atoms with van der Waals surface area (Å²) in [5.74, 6) is -0.519. The molecule has 13 heteroatoms. The zero-order valence-electron chi connectivity index (χ0n) is 13.0. The van der Waals surface area contributed by atoms with Gasteiger partial charge < -0.3 is 5.32 Å². The highest BCUT2D eigenvalue weighted by Gasteiger charge is 2.33. The van der Waals surface area contributed by atoms with Gasteiger partial charge in [-0.15, -0.1) is 0 Å².